The summed E-state index contributed by atoms with van der Waals surface area (Å²) >= 11 is 0. The van der Waals surface area contributed by atoms with E-state index in [1.165, 1.54) is 122 Å². The number of unbranched alkanes of at least 4 members (excludes halogenated alkanes) is 7. The van der Waals surface area contributed by atoms with Gasteiger partial charge in [0.15, 0.2) is 6.73 Å². The second kappa shape index (κ2) is 19.2. The highest BCUT2D eigenvalue weighted by atomic mass is 35.5. The number of aromatic nitrogens is 2. The Balaban J connectivity index is 0.00000450. The monoisotopic (exact) mass is 440 g/mol. The van der Waals surface area contributed by atoms with Crippen LogP contribution >= 0.6 is 0 Å². The van der Waals surface area contributed by atoms with Crippen LogP contribution in [0, 0.1) is 0 Å². The average Bonchev–Trinajstić information content (AvgIpc) is 3.17. The zero-order chi connectivity index (χ0) is 20.4. The van der Waals surface area contributed by atoms with Gasteiger partial charge < -0.3 is 17.1 Å². The molecule has 0 unspecified atom stereocenters. The van der Waals surface area contributed by atoms with Crippen molar-refractivity contribution in [2.45, 2.75) is 148 Å². The van der Waals surface area contributed by atoms with Crippen LogP contribution in [-0.4, -0.2) is 10.7 Å². The quantitative estimate of drug-likeness (QED) is 0.344. The van der Waals surface area contributed by atoms with Gasteiger partial charge in [0.25, 0.3) is 0 Å². The van der Waals surface area contributed by atoms with Crippen molar-refractivity contribution in [2.75, 3.05) is 0 Å². The summed E-state index contributed by atoms with van der Waals surface area (Å²) in [4.78, 5) is 0. The molecule has 1 aromatic heterocycles. The van der Waals surface area contributed by atoms with Crippen LogP contribution in [0.3, 0.4) is 0 Å². The second-order valence-electron chi connectivity index (χ2n) is 9.32. The molecule has 4 heteroatoms. The second-order valence-corrected chi connectivity index (χ2v) is 9.32. The minimum Gasteiger partial charge on any atom is -1.00 e. The van der Waals surface area contributed by atoms with Crippen LogP contribution in [-0.2, 0) is 18.0 Å². The number of hydrogen-bond donors (Lipinski definition) is 0. The lowest BCUT2D eigenvalue weighted by atomic mass is 9.99. The highest BCUT2D eigenvalue weighted by Crippen LogP contribution is 2.18. The summed E-state index contributed by atoms with van der Waals surface area (Å²) in [5.41, 5.74) is 0. The Labute approximate surface area is 193 Å². The summed E-state index contributed by atoms with van der Waals surface area (Å²) in [5, 5.41) is 0. The molecular formula is C26H49ClN2O. The summed E-state index contributed by atoms with van der Waals surface area (Å²) in [6.45, 7) is 4.15. The normalized spacial score (nSPS) is 17.1. The Morgan fingerprint density at radius 2 is 1.30 bits per heavy atom. The first kappa shape index (κ1) is 27.5. The summed E-state index contributed by atoms with van der Waals surface area (Å²) < 4.78 is 10.9. The van der Waals surface area contributed by atoms with Crippen LogP contribution in [0.1, 0.15) is 129 Å². The van der Waals surface area contributed by atoms with Gasteiger partial charge in [-0.15, -0.1) is 0 Å². The van der Waals surface area contributed by atoms with E-state index in [0.29, 0.717) is 6.10 Å². The van der Waals surface area contributed by atoms with Crippen LogP contribution in [0.4, 0.5) is 0 Å². The number of rotatable bonds is 12. The lowest BCUT2D eigenvalue weighted by Crippen LogP contribution is -3.00. The molecule has 1 saturated carbocycles. The minimum atomic E-state index is 0. The van der Waals surface area contributed by atoms with Gasteiger partial charge in [-0.2, -0.15) is 0 Å². The molecular weight excluding hydrogens is 392 g/mol. The number of ether oxygens (including phenoxy) is 1. The molecule has 1 aliphatic rings. The maximum absolute atomic E-state index is 6.33. The Morgan fingerprint density at radius 3 is 1.90 bits per heavy atom. The van der Waals surface area contributed by atoms with E-state index in [1.807, 2.05) is 0 Å². The molecule has 176 valence electrons. The van der Waals surface area contributed by atoms with Gasteiger partial charge in [0.05, 0.1) is 12.6 Å². The summed E-state index contributed by atoms with van der Waals surface area (Å²) in [7, 11) is 0. The Kier molecular flexibility index (Phi) is 17.6. The average molecular weight is 441 g/mol. The molecule has 0 saturated heterocycles. The van der Waals surface area contributed by atoms with E-state index in [1.54, 1.807) is 0 Å². The van der Waals surface area contributed by atoms with Gasteiger partial charge in [-0.3, -0.25) is 0 Å². The Morgan fingerprint density at radius 1 is 0.767 bits per heavy atom. The number of halogens is 1. The first-order chi connectivity index (χ1) is 14.4. The third kappa shape index (κ3) is 13.7. The molecule has 0 aromatic carbocycles. The molecule has 0 N–H and O–H groups in total. The van der Waals surface area contributed by atoms with Crippen molar-refractivity contribution < 1.29 is 21.7 Å². The Hall–Kier alpha value is -0.540. The molecule has 1 aliphatic carbocycles. The molecule has 1 fully saturated rings. The summed E-state index contributed by atoms with van der Waals surface area (Å²) in [6.07, 6.45) is 33.3. The fraction of sp³-hybridized carbons (Fsp3) is 0.885. The lowest BCUT2D eigenvalue weighted by molar-refractivity contribution is -0.734. The van der Waals surface area contributed by atoms with Gasteiger partial charge in [0.1, 0.15) is 12.4 Å². The van der Waals surface area contributed by atoms with Crippen LogP contribution in [0.25, 0.3) is 0 Å². The van der Waals surface area contributed by atoms with E-state index in [2.05, 4.69) is 34.8 Å². The first-order valence-electron chi connectivity index (χ1n) is 13.0. The summed E-state index contributed by atoms with van der Waals surface area (Å²) in [6, 6.07) is 0. The zero-order valence-electron chi connectivity index (χ0n) is 19.8. The minimum absolute atomic E-state index is 0. The van der Waals surface area contributed by atoms with Crippen LogP contribution in [0.2, 0.25) is 0 Å². The highest BCUT2D eigenvalue weighted by molar-refractivity contribution is 4.66. The van der Waals surface area contributed by atoms with E-state index in [4.69, 9.17) is 4.74 Å². The van der Waals surface area contributed by atoms with Crippen molar-refractivity contribution in [1.82, 2.24) is 4.57 Å². The smallest absolute Gasteiger partial charge is 0.245 e. The molecule has 2 rings (SSSR count). The molecule has 0 atom stereocenters. The Bertz CT molecular complexity index is 479. The van der Waals surface area contributed by atoms with E-state index in [9.17, 15) is 0 Å². The van der Waals surface area contributed by atoms with E-state index in [0.717, 1.165) is 13.3 Å². The fourth-order valence-corrected chi connectivity index (χ4v) is 4.56. The standard InChI is InChI=1S/C26H49N2O.ClH/c1-2-3-4-5-6-12-15-18-21-27-22-23-28(24-27)25-29-26-19-16-13-10-8-7-9-11-14-17-20-26;/h22-24,26H,2-21,25H2,1H3;1H/q+1;/p-1. The molecule has 0 amide bonds. The molecule has 3 nitrogen and oxygen atoms in total. The molecule has 0 radical (unpaired) electrons. The molecule has 1 aromatic rings. The molecule has 30 heavy (non-hydrogen) atoms. The molecule has 0 aliphatic heterocycles. The molecule has 1 heterocycles. The predicted octanol–water partition coefficient (Wildman–Crippen LogP) is 4.57. The van der Waals surface area contributed by atoms with Gasteiger partial charge in [0.2, 0.25) is 6.33 Å². The van der Waals surface area contributed by atoms with Gasteiger partial charge in [-0.25, -0.2) is 9.13 Å². The fourth-order valence-electron chi connectivity index (χ4n) is 4.56. The van der Waals surface area contributed by atoms with Crippen LogP contribution in [0.5, 0.6) is 0 Å². The third-order valence-corrected chi connectivity index (χ3v) is 6.53. The maximum Gasteiger partial charge on any atom is 0.245 e. The van der Waals surface area contributed by atoms with Crippen molar-refractivity contribution in [3.05, 3.63) is 18.7 Å². The maximum atomic E-state index is 6.33. The van der Waals surface area contributed by atoms with Gasteiger partial charge >= 0.3 is 0 Å². The first-order valence-corrected chi connectivity index (χ1v) is 13.0. The number of nitrogens with zero attached hydrogens (tertiary/aromatic N) is 2. The van der Waals surface area contributed by atoms with E-state index >= 15 is 0 Å². The third-order valence-electron chi connectivity index (χ3n) is 6.53. The van der Waals surface area contributed by atoms with Gasteiger partial charge in [0, 0.05) is 0 Å². The highest BCUT2D eigenvalue weighted by Gasteiger charge is 2.12. The number of aryl methyl sites for hydroxylation is 1. The molecule has 0 spiro atoms. The number of imidazole rings is 1. The summed E-state index contributed by atoms with van der Waals surface area (Å²) in [5.74, 6) is 0. The largest absolute Gasteiger partial charge is 1.00 e. The van der Waals surface area contributed by atoms with Crippen molar-refractivity contribution in [2.24, 2.45) is 0 Å². The van der Waals surface area contributed by atoms with Crippen molar-refractivity contribution in [3.8, 4) is 0 Å². The zero-order valence-corrected chi connectivity index (χ0v) is 20.6. The van der Waals surface area contributed by atoms with Gasteiger partial charge in [-0.05, 0) is 25.7 Å². The van der Waals surface area contributed by atoms with E-state index < -0.39 is 0 Å². The molecule has 0 bridgehead atoms. The topological polar surface area (TPSA) is 18.0 Å². The predicted molar refractivity (Wildman–Crippen MR) is 123 cm³/mol. The lowest BCUT2D eigenvalue weighted by Gasteiger charge is -2.17. The van der Waals surface area contributed by atoms with Gasteiger partial charge in [-0.1, -0.05) is 103 Å². The van der Waals surface area contributed by atoms with E-state index in [-0.39, 0.29) is 12.4 Å². The SMILES string of the molecule is CCCCCCCCCCn1cc[n+](COC2CCCCCCCCCCC2)c1.[Cl-]. The van der Waals surface area contributed by atoms with Crippen LogP contribution < -0.4 is 17.0 Å². The number of hydrogen-bond acceptors (Lipinski definition) is 1. The van der Waals surface area contributed by atoms with Crippen LogP contribution in [0.15, 0.2) is 18.7 Å². The van der Waals surface area contributed by atoms with Crippen molar-refractivity contribution >= 4 is 0 Å². The van der Waals surface area contributed by atoms with Crippen molar-refractivity contribution in [3.63, 3.8) is 0 Å². The van der Waals surface area contributed by atoms with Crippen molar-refractivity contribution in [1.29, 1.82) is 0 Å².